The molecular weight excluding hydrogens is 396 g/mol. The number of hydrogen-bond donors (Lipinski definition) is 2. The molecule has 0 bridgehead atoms. The van der Waals surface area contributed by atoms with Crippen LogP contribution in [0.5, 0.6) is 0 Å². The Morgan fingerprint density at radius 1 is 1.25 bits per heavy atom. The highest BCUT2D eigenvalue weighted by atomic mass is 127. The van der Waals surface area contributed by atoms with Crippen molar-refractivity contribution in [3.8, 4) is 0 Å². The maximum absolute atomic E-state index is 13.0. The predicted molar refractivity (Wildman–Crippen MR) is 83.7 cm³/mol. The average Bonchev–Trinajstić information content (AvgIpc) is 2.42. The molecule has 0 fully saturated rings. The molecule has 0 atom stereocenters. The van der Waals surface area contributed by atoms with Crippen molar-refractivity contribution in [2.75, 3.05) is 17.1 Å². The average molecular weight is 407 g/mol. The SMILES string of the molecule is CNc1ccc(S(=O)(=O)Nc2ccc(F)cc2I)cn1. The van der Waals surface area contributed by atoms with Crippen LogP contribution in [0.3, 0.4) is 0 Å². The predicted octanol–water partition coefficient (Wildman–Crippen LogP) is 2.67. The van der Waals surface area contributed by atoms with Gasteiger partial charge in [0.15, 0.2) is 0 Å². The molecule has 0 saturated carbocycles. The molecule has 2 rings (SSSR count). The molecule has 5 nitrogen and oxygen atoms in total. The first-order valence-electron chi connectivity index (χ1n) is 5.54. The third kappa shape index (κ3) is 3.37. The van der Waals surface area contributed by atoms with Crippen molar-refractivity contribution in [2.45, 2.75) is 4.90 Å². The minimum atomic E-state index is -3.74. The van der Waals surface area contributed by atoms with Crippen LogP contribution in [0.1, 0.15) is 0 Å². The summed E-state index contributed by atoms with van der Waals surface area (Å²) < 4.78 is 40.2. The number of nitrogens with zero attached hydrogens (tertiary/aromatic N) is 1. The maximum Gasteiger partial charge on any atom is 0.263 e. The topological polar surface area (TPSA) is 71.1 Å². The standard InChI is InChI=1S/C12H11FIN3O2S/c1-15-12-5-3-9(7-16-12)20(18,19)17-11-4-2-8(13)6-10(11)14/h2-7,17H,1H3,(H,15,16). The summed E-state index contributed by atoms with van der Waals surface area (Å²) in [6, 6.07) is 6.83. The van der Waals surface area contributed by atoms with E-state index in [2.05, 4.69) is 15.0 Å². The molecule has 8 heteroatoms. The van der Waals surface area contributed by atoms with Crippen molar-refractivity contribution >= 4 is 44.1 Å². The van der Waals surface area contributed by atoms with Crippen LogP contribution < -0.4 is 10.0 Å². The molecule has 0 radical (unpaired) electrons. The first kappa shape index (κ1) is 15.0. The van der Waals surface area contributed by atoms with E-state index < -0.39 is 15.8 Å². The zero-order valence-corrected chi connectivity index (χ0v) is 13.4. The van der Waals surface area contributed by atoms with Crippen LogP contribution in [-0.4, -0.2) is 20.4 Å². The Hall–Kier alpha value is -1.42. The van der Waals surface area contributed by atoms with Gasteiger partial charge in [-0.15, -0.1) is 0 Å². The van der Waals surface area contributed by atoms with Crippen molar-refractivity contribution in [1.29, 1.82) is 0 Å². The molecular formula is C12H11FIN3O2S. The Labute approximate surface area is 129 Å². The Morgan fingerprint density at radius 3 is 2.55 bits per heavy atom. The molecule has 2 N–H and O–H groups in total. The number of aromatic nitrogens is 1. The first-order valence-corrected chi connectivity index (χ1v) is 8.10. The van der Waals surface area contributed by atoms with Crippen molar-refractivity contribution < 1.29 is 12.8 Å². The summed E-state index contributed by atoms with van der Waals surface area (Å²) in [6.45, 7) is 0. The van der Waals surface area contributed by atoms with E-state index in [1.54, 1.807) is 13.1 Å². The molecule has 0 spiro atoms. The fourth-order valence-electron chi connectivity index (χ4n) is 1.46. The molecule has 0 aliphatic carbocycles. The van der Waals surface area contributed by atoms with E-state index in [1.165, 1.54) is 30.5 Å². The number of pyridine rings is 1. The number of halogens is 2. The number of benzene rings is 1. The molecule has 0 amide bonds. The lowest BCUT2D eigenvalue weighted by Gasteiger charge is -2.10. The van der Waals surface area contributed by atoms with Crippen molar-refractivity contribution in [3.05, 3.63) is 45.9 Å². The van der Waals surface area contributed by atoms with Crippen LogP contribution >= 0.6 is 22.6 Å². The minimum Gasteiger partial charge on any atom is -0.373 e. The molecule has 0 unspecified atom stereocenters. The third-order valence-electron chi connectivity index (χ3n) is 2.48. The molecule has 106 valence electrons. The highest BCUT2D eigenvalue weighted by Crippen LogP contribution is 2.22. The van der Waals surface area contributed by atoms with Gasteiger partial charge in [-0.05, 0) is 52.9 Å². The Kier molecular flexibility index (Phi) is 4.43. The van der Waals surface area contributed by atoms with Crippen LogP contribution in [-0.2, 0) is 10.0 Å². The zero-order valence-electron chi connectivity index (χ0n) is 10.4. The van der Waals surface area contributed by atoms with Gasteiger partial charge in [-0.3, -0.25) is 4.72 Å². The lowest BCUT2D eigenvalue weighted by Crippen LogP contribution is -2.14. The van der Waals surface area contributed by atoms with Crippen LogP contribution in [0.2, 0.25) is 0 Å². The fraction of sp³-hybridized carbons (Fsp3) is 0.0833. The molecule has 1 aromatic heterocycles. The van der Waals surface area contributed by atoms with Gasteiger partial charge in [0.25, 0.3) is 10.0 Å². The first-order chi connectivity index (χ1) is 9.42. The van der Waals surface area contributed by atoms with Gasteiger partial charge < -0.3 is 5.32 Å². The monoisotopic (exact) mass is 407 g/mol. The van der Waals surface area contributed by atoms with Gasteiger partial charge in [0.1, 0.15) is 16.5 Å². The second-order valence-corrected chi connectivity index (χ2v) is 6.70. The van der Waals surface area contributed by atoms with Gasteiger partial charge in [-0.2, -0.15) is 0 Å². The lowest BCUT2D eigenvalue weighted by atomic mass is 10.3. The van der Waals surface area contributed by atoms with E-state index in [0.717, 1.165) is 0 Å². The summed E-state index contributed by atoms with van der Waals surface area (Å²) in [6.07, 6.45) is 1.25. The number of nitrogens with one attached hydrogen (secondary N) is 2. The Bertz CT molecular complexity index is 720. The largest absolute Gasteiger partial charge is 0.373 e. The van der Waals surface area contributed by atoms with E-state index in [0.29, 0.717) is 15.1 Å². The van der Waals surface area contributed by atoms with Gasteiger partial charge >= 0.3 is 0 Å². The Balaban J connectivity index is 2.30. The normalized spacial score (nSPS) is 11.2. The maximum atomic E-state index is 13.0. The Morgan fingerprint density at radius 2 is 2.00 bits per heavy atom. The second-order valence-electron chi connectivity index (χ2n) is 3.86. The third-order valence-corrected chi connectivity index (χ3v) is 4.72. The highest BCUT2D eigenvalue weighted by Gasteiger charge is 2.16. The van der Waals surface area contributed by atoms with E-state index in [-0.39, 0.29) is 4.90 Å². The van der Waals surface area contributed by atoms with E-state index >= 15 is 0 Å². The van der Waals surface area contributed by atoms with Gasteiger partial charge in [-0.25, -0.2) is 17.8 Å². The summed E-state index contributed by atoms with van der Waals surface area (Å²) >= 11 is 1.86. The number of sulfonamides is 1. The summed E-state index contributed by atoms with van der Waals surface area (Å²) in [4.78, 5) is 3.99. The van der Waals surface area contributed by atoms with Crippen LogP contribution in [0.25, 0.3) is 0 Å². The fourth-order valence-corrected chi connectivity index (χ4v) is 3.28. The van der Waals surface area contributed by atoms with E-state index in [4.69, 9.17) is 0 Å². The molecule has 0 aliphatic rings. The van der Waals surface area contributed by atoms with Gasteiger partial charge in [0.2, 0.25) is 0 Å². The summed E-state index contributed by atoms with van der Waals surface area (Å²) in [5.74, 6) is 0.151. The van der Waals surface area contributed by atoms with Crippen molar-refractivity contribution in [3.63, 3.8) is 0 Å². The summed E-state index contributed by atoms with van der Waals surface area (Å²) in [5, 5.41) is 2.80. The number of hydrogen-bond acceptors (Lipinski definition) is 4. The zero-order chi connectivity index (χ0) is 14.8. The van der Waals surface area contributed by atoms with Gasteiger partial charge in [0, 0.05) is 16.8 Å². The number of rotatable bonds is 4. The molecule has 0 aliphatic heterocycles. The highest BCUT2D eigenvalue weighted by molar-refractivity contribution is 14.1. The summed E-state index contributed by atoms with van der Waals surface area (Å²) in [5.41, 5.74) is 0.324. The quantitative estimate of drug-likeness (QED) is 0.765. The molecule has 1 aromatic carbocycles. The van der Waals surface area contributed by atoms with Crippen LogP contribution in [0.4, 0.5) is 15.9 Å². The second kappa shape index (κ2) is 5.92. The number of anilines is 2. The van der Waals surface area contributed by atoms with Gasteiger partial charge in [0.05, 0.1) is 5.69 Å². The van der Waals surface area contributed by atoms with E-state index in [1.807, 2.05) is 22.6 Å². The molecule has 2 aromatic rings. The van der Waals surface area contributed by atoms with Crippen LogP contribution in [0, 0.1) is 9.39 Å². The van der Waals surface area contributed by atoms with E-state index in [9.17, 15) is 12.8 Å². The lowest BCUT2D eigenvalue weighted by molar-refractivity contribution is 0.600. The van der Waals surface area contributed by atoms with Crippen molar-refractivity contribution in [2.24, 2.45) is 0 Å². The molecule has 0 saturated heterocycles. The minimum absolute atomic E-state index is 0.0385. The van der Waals surface area contributed by atoms with Crippen molar-refractivity contribution in [1.82, 2.24) is 4.98 Å². The molecule has 20 heavy (non-hydrogen) atoms. The van der Waals surface area contributed by atoms with Gasteiger partial charge in [-0.1, -0.05) is 0 Å². The van der Waals surface area contributed by atoms with Crippen LogP contribution in [0.15, 0.2) is 41.4 Å². The molecule has 1 heterocycles. The smallest absolute Gasteiger partial charge is 0.263 e. The summed E-state index contributed by atoms with van der Waals surface area (Å²) in [7, 11) is -2.05.